The van der Waals surface area contributed by atoms with Gasteiger partial charge in [-0.25, -0.2) is 0 Å². The molecule has 0 aliphatic rings. The number of nitrogens with two attached hydrogens (primary N) is 1. The number of rotatable bonds is 4. The fraction of sp³-hybridized carbons (Fsp3) is 0.875. The maximum Gasteiger partial charge on any atom is 0.391 e. The third-order valence-corrected chi connectivity index (χ3v) is 2.51. The molecule has 0 bridgehead atoms. The molecule has 0 amide bonds. The van der Waals surface area contributed by atoms with Gasteiger partial charge < -0.3 is 10.8 Å². The summed E-state index contributed by atoms with van der Waals surface area (Å²) in [5.74, 6) is -5.10. The number of hydrogen-bond donors (Lipinski definition) is 2. The Labute approximate surface area is 80.1 Å². The van der Waals surface area contributed by atoms with E-state index < -0.39 is 29.9 Å². The zero-order valence-corrected chi connectivity index (χ0v) is 8.01. The first kappa shape index (κ1) is 13.2. The molecular formula is C8H14F3NO2. The van der Waals surface area contributed by atoms with Crippen LogP contribution in [0, 0.1) is 17.8 Å². The Balaban J connectivity index is 4.58. The van der Waals surface area contributed by atoms with Crippen LogP contribution >= 0.6 is 0 Å². The maximum absolute atomic E-state index is 12.2. The van der Waals surface area contributed by atoms with Gasteiger partial charge in [0.1, 0.15) is 0 Å². The molecule has 0 saturated heterocycles. The Hall–Kier alpha value is -0.780. The second-order valence-corrected chi connectivity index (χ2v) is 3.37. The van der Waals surface area contributed by atoms with Gasteiger partial charge in [0, 0.05) is 6.54 Å². The highest BCUT2D eigenvalue weighted by Crippen LogP contribution is 2.34. The van der Waals surface area contributed by atoms with Gasteiger partial charge in [0.2, 0.25) is 0 Å². The Bertz CT molecular complexity index is 205. The van der Waals surface area contributed by atoms with Crippen molar-refractivity contribution in [3.63, 3.8) is 0 Å². The van der Waals surface area contributed by atoms with E-state index in [0.29, 0.717) is 0 Å². The first-order valence-corrected chi connectivity index (χ1v) is 4.21. The lowest BCUT2D eigenvalue weighted by atomic mass is 9.83. The Morgan fingerprint density at radius 2 is 1.86 bits per heavy atom. The summed E-state index contributed by atoms with van der Waals surface area (Å²) < 4.78 is 36.7. The molecule has 3 unspecified atom stereocenters. The van der Waals surface area contributed by atoms with E-state index in [9.17, 15) is 18.0 Å². The molecule has 3 atom stereocenters. The molecule has 14 heavy (non-hydrogen) atoms. The molecule has 0 aliphatic carbocycles. The molecule has 0 aliphatic heterocycles. The summed E-state index contributed by atoms with van der Waals surface area (Å²) >= 11 is 0. The average Bonchev–Trinajstić information content (AvgIpc) is 2.01. The molecule has 0 saturated carbocycles. The molecule has 3 nitrogen and oxygen atoms in total. The molecule has 0 radical (unpaired) electrons. The molecule has 6 heteroatoms. The largest absolute Gasteiger partial charge is 0.481 e. The summed E-state index contributed by atoms with van der Waals surface area (Å²) in [6.45, 7) is 1.94. The highest BCUT2D eigenvalue weighted by Gasteiger charge is 2.43. The van der Waals surface area contributed by atoms with Crippen LogP contribution in [0.4, 0.5) is 13.2 Å². The number of carbonyl (C=O) groups is 1. The second kappa shape index (κ2) is 4.63. The van der Waals surface area contributed by atoms with Gasteiger partial charge in [-0.15, -0.1) is 0 Å². The normalized spacial score (nSPS) is 18.7. The number of alkyl halides is 3. The summed E-state index contributed by atoms with van der Waals surface area (Å²) in [5.41, 5.74) is 5.11. The van der Waals surface area contributed by atoms with Crippen LogP contribution in [0.3, 0.4) is 0 Å². The van der Waals surface area contributed by atoms with Crippen molar-refractivity contribution in [1.82, 2.24) is 0 Å². The zero-order chi connectivity index (χ0) is 11.5. The standard InChI is InChI=1S/C8H14F3NO2/c1-4(5(2)8(9,10)11)6(3-12)7(13)14/h4-6H,3,12H2,1-2H3,(H,13,14). The maximum atomic E-state index is 12.2. The fourth-order valence-corrected chi connectivity index (χ4v) is 1.19. The molecule has 0 aromatic carbocycles. The van der Waals surface area contributed by atoms with E-state index >= 15 is 0 Å². The molecule has 0 rings (SSSR count). The molecule has 0 heterocycles. The van der Waals surface area contributed by atoms with Crippen LogP contribution in [0.5, 0.6) is 0 Å². The molecule has 3 N–H and O–H groups in total. The molecule has 84 valence electrons. The van der Waals surface area contributed by atoms with Crippen LogP contribution in [0.2, 0.25) is 0 Å². The summed E-state index contributed by atoms with van der Waals surface area (Å²) in [4.78, 5) is 10.6. The number of carboxylic acids is 1. The first-order chi connectivity index (χ1) is 6.21. The van der Waals surface area contributed by atoms with Crippen LogP contribution in [0.25, 0.3) is 0 Å². The minimum atomic E-state index is -4.37. The van der Waals surface area contributed by atoms with E-state index in [1.165, 1.54) is 6.92 Å². The quantitative estimate of drug-likeness (QED) is 0.743. The molecule has 0 fully saturated rings. The predicted octanol–water partition coefficient (Wildman–Crippen LogP) is 1.48. The van der Waals surface area contributed by atoms with Crippen LogP contribution < -0.4 is 5.73 Å². The lowest BCUT2D eigenvalue weighted by Gasteiger charge is -2.26. The van der Waals surface area contributed by atoms with Crippen molar-refractivity contribution in [3.8, 4) is 0 Å². The predicted molar refractivity (Wildman–Crippen MR) is 44.6 cm³/mol. The topological polar surface area (TPSA) is 63.3 Å². The lowest BCUT2D eigenvalue weighted by molar-refractivity contribution is -0.188. The van der Waals surface area contributed by atoms with Gasteiger partial charge >= 0.3 is 12.1 Å². The van der Waals surface area contributed by atoms with Gasteiger partial charge in [-0.1, -0.05) is 13.8 Å². The van der Waals surface area contributed by atoms with Gasteiger partial charge in [0.05, 0.1) is 11.8 Å². The second-order valence-electron chi connectivity index (χ2n) is 3.37. The summed E-state index contributed by atoms with van der Waals surface area (Å²) in [7, 11) is 0. The molecule has 0 aromatic rings. The summed E-state index contributed by atoms with van der Waals surface area (Å²) in [6, 6.07) is 0. The van der Waals surface area contributed by atoms with E-state index in [1.54, 1.807) is 0 Å². The van der Waals surface area contributed by atoms with Crippen molar-refractivity contribution in [2.75, 3.05) is 6.54 Å². The van der Waals surface area contributed by atoms with Crippen LogP contribution in [-0.2, 0) is 4.79 Å². The number of carboxylic acid groups (broad SMARTS) is 1. The van der Waals surface area contributed by atoms with Crippen LogP contribution in [-0.4, -0.2) is 23.8 Å². The summed E-state index contributed by atoms with van der Waals surface area (Å²) in [6.07, 6.45) is -4.37. The SMILES string of the molecule is CC(C(CN)C(=O)O)C(C)C(F)(F)F. The van der Waals surface area contributed by atoms with Gasteiger partial charge in [0.25, 0.3) is 0 Å². The highest BCUT2D eigenvalue weighted by atomic mass is 19.4. The smallest absolute Gasteiger partial charge is 0.391 e. The Kier molecular flexibility index (Phi) is 4.38. The van der Waals surface area contributed by atoms with Crippen LogP contribution in [0.15, 0.2) is 0 Å². The van der Waals surface area contributed by atoms with Gasteiger partial charge in [-0.3, -0.25) is 4.79 Å². The fourth-order valence-electron chi connectivity index (χ4n) is 1.19. The van der Waals surface area contributed by atoms with Crippen molar-refractivity contribution in [2.45, 2.75) is 20.0 Å². The van der Waals surface area contributed by atoms with E-state index in [1.807, 2.05) is 0 Å². The third-order valence-electron chi connectivity index (χ3n) is 2.51. The molecule has 0 spiro atoms. The third kappa shape index (κ3) is 3.17. The molecular weight excluding hydrogens is 199 g/mol. The number of aliphatic carboxylic acids is 1. The Morgan fingerprint density at radius 1 is 1.43 bits per heavy atom. The van der Waals surface area contributed by atoms with Crippen molar-refractivity contribution in [1.29, 1.82) is 0 Å². The minimum Gasteiger partial charge on any atom is -0.481 e. The van der Waals surface area contributed by atoms with E-state index in [4.69, 9.17) is 10.8 Å². The first-order valence-electron chi connectivity index (χ1n) is 4.21. The van der Waals surface area contributed by atoms with Crippen molar-refractivity contribution >= 4 is 5.97 Å². The highest BCUT2D eigenvalue weighted by molar-refractivity contribution is 5.70. The van der Waals surface area contributed by atoms with E-state index in [2.05, 4.69) is 0 Å². The minimum absolute atomic E-state index is 0.281. The van der Waals surface area contributed by atoms with Crippen molar-refractivity contribution in [2.24, 2.45) is 23.5 Å². The Morgan fingerprint density at radius 3 is 2.07 bits per heavy atom. The van der Waals surface area contributed by atoms with E-state index in [0.717, 1.165) is 6.92 Å². The average molecular weight is 213 g/mol. The van der Waals surface area contributed by atoms with E-state index in [-0.39, 0.29) is 6.54 Å². The number of hydrogen-bond acceptors (Lipinski definition) is 2. The van der Waals surface area contributed by atoms with Crippen LogP contribution in [0.1, 0.15) is 13.8 Å². The van der Waals surface area contributed by atoms with Gasteiger partial charge in [-0.2, -0.15) is 13.2 Å². The zero-order valence-electron chi connectivity index (χ0n) is 8.01. The lowest BCUT2D eigenvalue weighted by Crippen LogP contribution is -2.37. The van der Waals surface area contributed by atoms with Gasteiger partial charge in [-0.05, 0) is 5.92 Å². The number of halogens is 3. The summed E-state index contributed by atoms with van der Waals surface area (Å²) in [5, 5.41) is 8.61. The van der Waals surface area contributed by atoms with Crippen molar-refractivity contribution in [3.05, 3.63) is 0 Å². The van der Waals surface area contributed by atoms with Gasteiger partial charge in [0.15, 0.2) is 0 Å². The molecule has 0 aromatic heterocycles. The van der Waals surface area contributed by atoms with Crippen molar-refractivity contribution < 1.29 is 23.1 Å². The monoisotopic (exact) mass is 213 g/mol.